The van der Waals surface area contributed by atoms with Crippen LogP contribution in [0, 0.1) is 5.41 Å². The molecule has 0 saturated carbocycles. The van der Waals surface area contributed by atoms with Gasteiger partial charge in [0.05, 0.1) is 6.61 Å². The van der Waals surface area contributed by atoms with Crippen LogP contribution in [-0.4, -0.2) is 52.6 Å². The number of ether oxygens (including phenoxy) is 1. The maximum atomic E-state index is 12.7. The molecule has 136 valence electrons. The third-order valence-corrected chi connectivity index (χ3v) is 6.21. The van der Waals surface area contributed by atoms with Crippen molar-refractivity contribution in [2.75, 3.05) is 39.9 Å². The minimum absolute atomic E-state index is 0.126. The van der Waals surface area contributed by atoms with E-state index in [2.05, 4.69) is 10.0 Å². The summed E-state index contributed by atoms with van der Waals surface area (Å²) in [7, 11) is -1.85. The molecule has 0 atom stereocenters. The van der Waals surface area contributed by atoms with Crippen molar-refractivity contribution in [2.24, 2.45) is 5.41 Å². The van der Waals surface area contributed by atoms with Crippen LogP contribution < -0.4 is 10.0 Å². The Bertz CT molecular complexity index is 581. The fraction of sp³-hybridized carbons (Fsp3) is 0.647. The van der Waals surface area contributed by atoms with Crippen LogP contribution in [0.2, 0.25) is 0 Å². The zero-order chi connectivity index (χ0) is 17.5. The molecule has 0 spiro atoms. The van der Waals surface area contributed by atoms with Gasteiger partial charge in [-0.15, -0.1) is 0 Å². The lowest BCUT2D eigenvalue weighted by atomic mass is 9.80. The Morgan fingerprint density at radius 3 is 2.50 bits per heavy atom. The third kappa shape index (κ3) is 5.26. The van der Waals surface area contributed by atoms with E-state index in [4.69, 9.17) is 4.74 Å². The van der Waals surface area contributed by atoms with Gasteiger partial charge in [-0.1, -0.05) is 37.3 Å². The molecule has 24 heavy (non-hydrogen) atoms. The Kier molecular flexibility index (Phi) is 7.18. The highest BCUT2D eigenvalue weighted by Crippen LogP contribution is 2.28. The summed E-state index contributed by atoms with van der Waals surface area (Å²) in [5, 5.41) is 3.32. The molecular weight excluding hydrogens is 326 g/mol. The van der Waals surface area contributed by atoms with Crippen molar-refractivity contribution in [1.82, 2.24) is 14.3 Å². The molecule has 0 aliphatic carbocycles. The zero-order valence-corrected chi connectivity index (χ0v) is 15.4. The van der Waals surface area contributed by atoms with E-state index in [-0.39, 0.29) is 5.41 Å². The maximum absolute atomic E-state index is 12.7. The highest BCUT2D eigenvalue weighted by molar-refractivity contribution is 7.87. The SMILES string of the molecule is CCN(Cc1ccccc1)S(=O)(=O)NCC1(COC)CCNCC1. The average Bonchev–Trinajstić information content (AvgIpc) is 2.60. The third-order valence-electron chi connectivity index (χ3n) is 4.64. The van der Waals surface area contributed by atoms with Gasteiger partial charge in [-0.25, -0.2) is 4.72 Å². The molecular formula is C17H29N3O3S. The largest absolute Gasteiger partial charge is 0.384 e. The first-order valence-electron chi connectivity index (χ1n) is 8.50. The van der Waals surface area contributed by atoms with E-state index in [0.29, 0.717) is 26.2 Å². The molecule has 0 bridgehead atoms. The van der Waals surface area contributed by atoms with Gasteiger partial charge in [0.15, 0.2) is 0 Å². The Morgan fingerprint density at radius 2 is 1.92 bits per heavy atom. The lowest BCUT2D eigenvalue weighted by Crippen LogP contribution is -2.50. The van der Waals surface area contributed by atoms with Gasteiger partial charge < -0.3 is 10.1 Å². The second-order valence-corrected chi connectivity index (χ2v) is 8.18. The van der Waals surface area contributed by atoms with Crippen molar-refractivity contribution < 1.29 is 13.2 Å². The van der Waals surface area contributed by atoms with Crippen LogP contribution in [-0.2, 0) is 21.5 Å². The Balaban J connectivity index is 2.02. The molecule has 1 aromatic carbocycles. The molecule has 7 heteroatoms. The van der Waals surface area contributed by atoms with Gasteiger partial charge >= 0.3 is 0 Å². The van der Waals surface area contributed by atoms with Crippen LogP contribution >= 0.6 is 0 Å². The fourth-order valence-electron chi connectivity index (χ4n) is 3.12. The summed E-state index contributed by atoms with van der Waals surface area (Å²) < 4.78 is 35.1. The predicted molar refractivity (Wildman–Crippen MR) is 95.9 cm³/mol. The Hall–Kier alpha value is -0.990. The van der Waals surface area contributed by atoms with Crippen molar-refractivity contribution >= 4 is 10.2 Å². The minimum atomic E-state index is -3.52. The first-order valence-corrected chi connectivity index (χ1v) is 9.94. The monoisotopic (exact) mass is 355 g/mol. The molecule has 0 unspecified atom stereocenters. The molecule has 2 rings (SSSR count). The first-order chi connectivity index (χ1) is 11.5. The van der Waals surface area contributed by atoms with Crippen LogP contribution in [0.4, 0.5) is 0 Å². The highest BCUT2D eigenvalue weighted by atomic mass is 32.2. The molecule has 1 heterocycles. The summed E-state index contributed by atoms with van der Waals surface area (Å²) in [5.74, 6) is 0. The molecule has 0 radical (unpaired) electrons. The van der Waals surface area contributed by atoms with Gasteiger partial charge in [0, 0.05) is 32.2 Å². The van der Waals surface area contributed by atoms with E-state index >= 15 is 0 Å². The normalized spacial score (nSPS) is 18.0. The van der Waals surface area contributed by atoms with Crippen LogP contribution in [0.1, 0.15) is 25.3 Å². The summed E-state index contributed by atoms with van der Waals surface area (Å²) in [6, 6.07) is 9.66. The molecule has 1 aliphatic heterocycles. The van der Waals surface area contributed by atoms with Crippen molar-refractivity contribution in [1.29, 1.82) is 0 Å². The zero-order valence-electron chi connectivity index (χ0n) is 14.6. The van der Waals surface area contributed by atoms with Gasteiger partial charge in [-0.3, -0.25) is 0 Å². The summed E-state index contributed by atoms with van der Waals surface area (Å²) >= 11 is 0. The number of rotatable bonds is 9. The topological polar surface area (TPSA) is 70.7 Å². The minimum Gasteiger partial charge on any atom is -0.384 e. The van der Waals surface area contributed by atoms with Crippen molar-refractivity contribution in [3.05, 3.63) is 35.9 Å². The first kappa shape index (κ1) is 19.3. The number of hydrogen-bond acceptors (Lipinski definition) is 4. The number of nitrogens with one attached hydrogen (secondary N) is 2. The van der Waals surface area contributed by atoms with Gasteiger partial charge in [-0.2, -0.15) is 12.7 Å². The number of piperidine rings is 1. The molecule has 1 aliphatic rings. The summed E-state index contributed by atoms with van der Waals surface area (Å²) in [5.41, 5.74) is 0.859. The lowest BCUT2D eigenvalue weighted by Gasteiger charge is -2.37. The van der Waals surface area contributed by atoms with E-state index in [1.54, 1.807) is 7.11 Å². The maximum Gasteiger partial charge on any atom is 0.279 e. The van der Waals surface area contributed by atoms with E-state index in [1.807, 2.05) is 37.3 Å². The van der Waals surface area contributed by atoms with E-state index in [1.165, 1.54) is 4.31 Å². The quantitative estimate of drug-likeness (QED) is 0.702. The number of methoxy groups -OCH3 is 1. The van der Waals surface area contributed by atoms with E-state index in [9.17, 15) is 8.42 Å². The van der Waals surface area contributed by atoms with Crippen LogP contribution in [0.15, 0.2) is 30.3 Å². The van der Waals surface area contributed by atoms with Gasteiger partial charge in [0.25, 0.3) is 10.2 Å². The van der Waals surface area contributed by atoms with E-state index < -0.39 is 10.2 Å². The summed E-state index contributed by atoms with van der Waals surface area (Å²) in [6.07, 6.45) is 1.82. The molecule has 1 saturated heterocycles. The second-order valence-electron chi connectivity index (χ2n) is 6.42. The summed E-state index contributed by atoms with van der Waals surface area (Å²) in [4.78, 5) is 0. The van der Waals surface area contributed by atoms with Crippen molar-refractivity contribution in [3.63, 3.8) is 0 Å². The highest BCUT2D eigenvalue weighted by Gasteiger charge is 2.34. The second kappa shape index (κ2) is 8.92. The van der Waals surface area contributed by atoms with Crippen LogP contribution in [0.25, 0.3) is 0 Å². The number of hydrogen-bond donors (Lipinski definition) is 2. The lowest BCUT2D eigenvalue weighted by molar-refractivity contribution is 0.0574. The fourth-order valence-corrected chi connectivity index (χ4v) is 4.45. The van der Waals surface area contributed by atoms with Crippen molar-refractivity contribution in [3.8, 4) is 0 Å². The Morgan fingerprint density at radius 1 is 1.25 bits per heavy atom. The smallest absolute Gasteiger partial charge is 0.279 e. The van der Waals surface area contributed by atoms with Gasteiger partial charge in [0.1, 0.15) is 0 Å². The molecule has 0 amide bonds. The molecule has 2 N–H and O–H groups in total. The molecule has 1 fully saturated rings. The van der Waals surface area contributed by atoms with Crippen LogP contribution in [0.3, 0.4) is 0 Å². The number of nitrogens with zero attached hydrogens (tertiary/aromatic N) is 1. The molecule has 0 aromatic heterocycles. The van der Waals surface area contributed by atoms with Crippen LogP contribution in [0.5, 0.6) is 0 Å². The Labute approximate surface area is 145 Å². The molecule has 1 aromatic rings. The number of benzene rings is 1. The van der Waals surface area contributed by atoms with Crippen molar-refractivity contribution in [2.45, 2.75) is 26.3 Å². The average molecular weight is 356 g/mol. The standard InChI is InChI=1S/C17H29N3O3S/c1-3-20(13-16-7-5-4-6-8-16)24(21,22)19-14-17(15-23-2)9-11-18-12-10-17/h4-8,18-19H,3,9-15H2,1-2H3. The predicted octanol–water partition coefficient (Wildman–Crippen LogP) is 1.36. The summed E-state index contributed by atoms with van der Waals surface area (Å²) in [6.45, 7) is 5.45. The van der Waals surface area contributed by atoms with E-state index in [0.717, 1.165) is 31.5 Å². The van der Waals surface area contributed by atoms with Gasteiger partial charge in [0.2, 0.25) is 0 Å². The van der Waals surface area contributed by atoms with Gasteiger partial charge in [-0.05, 0) is 31.5 Å². The molecule has 6 nitrogen and oxygen atoms in total.